The van der Waals surface area contributed by atoms with Crippen LogP contribution in [0.1, 0.15) is 30.4 Å². The van der Waals surface area contributed by atoms with E-state index in [0.29, 0.717) is 28.4 Å². The third-order valence-corrected chi connectivity index (χ3v) is 5.82. The van der Waals surface area contributed by atoms with Gasteiger partial charge in [-0.05, 0) is 65.4 Å². The molecule has 0 aliphatic carbocycles. The van der Waals surface area contributed by atoms with E-state index < -0.39 is 24.0 Å². The molecule has 4 rings (SSSR count). The van der Waals surface area contributed by atoms with Crippen LogP contribution >= 0.6 is 22.6 Å². The van der Waals surface area contributed by atoms with Crippen molar-refractivity contribution >= 4 is 34.5 Å². The van der Waals surface area contributed by atoms with Crippen LogP contribution in [0.15, 0.2) is 48.7 Å². The lowest BCUT2D eigenvalue weighted by molar-refractivity contribution is -0.129. The highest BCUT2D eigenvalue weighted by Crippen LogP contribution is 2.31. The maximum absolute atomic E-state index is 14.3. The molecule has 1 aliphatic heterocycles. The Labute approximate surface area is 196 Å². The van der Waals surface area contributed by atoms with Crippen LogP contribution in [-0.4, -0.2) is 45.1 Å². The lowest BCUT2D eigenvalue weighted by Gasteiger charge is -2.19. The molecule has 166 valence electrons. The van der Waals surface area contributed by atoms with E-state index in [1.807, 2.05) is 22.6 Å². The molecule has 2 aromatic carbocycles. The second-order valence-corrected chi connectivity index (χ2v) is 8.46. The van der Waals surface area contributed by atoms with Crippen LogP contribution in [-0.2, 0) is 4.79 Å². The number of nitrogens with one attached hydrogen (secondary N) is 2. The summed E-state index contributed by atoms with van der Waals surface area (Å²) in [6.45, 7) is 1.75. The van der Waals surface area contributed by atoms with E-state index in [1.165, 1.54) is 12.3 Å². The van der Waals surface area contributed by atoms with Crippen molar-refractivity contribution in [1.29, 1.82) is 0 Å². The third kappa shape index (κ3) is 4.32. The standard InChI is InChI=1S/C22H20FIN4O4/c1-12(20-25-11-18(26-20)16-7-4-14(24)10-17(16)23)28-21(30)19(27-22(28)31)13-2-5-15(6-3-13)32-9-8-29/h2-7,10-12,19,29H,8-9H2,1H3,(H,25,26)(H,27,31)/t12-,19?/m0/s1. The summed E-state index contributed by atoms with van der Waals surface area (Å²) in [5.41, 5.74) is 1.42. The summed E-state index contributed by atoms with van der Waals surface area (Å²) in [6.07, 6.45) is 1.48. The van der Waals surface area contributed by atoms with Gasteiger partial charge in [0.15, 0.2) is 0 Å². The SMILES string of the molecule is C[C@@H](c1ncc(-c2ccc(I)cc2F)[nH]1)N1C(=O)NC(c2ccc(OCCO)cc2)C1=O. The molecule has 1 fully saturated rings. The van der Waals surface area contributed by atoms with E-state index in [9.17, 15) is 14.0 Å². The fraction of sp³-hybridized carbons (Fsp3) is 0.227. The number of carbonyl (C=O) groups excluding carboxylic acids is 2. The highest BCUT2D eigenvalue weighted by Gasteiger charge is 2.42. The lowest BCUT2D eigenvalue weighted by Crippen LogP contribution is -2.34. The van der Waals surface area contributed by atoms with Gasteiger partial charge >= 0.3 is 6.03 Å². The van der Waals surface area contributed by atoms with E-state index in [0.717, 1.165) is 8.47 Å². The minimum absolute atomic E-state index is 0.101. The fourth-order valence-corrected chi connectivity index (χ4v) is 3.98. The van der Waals surface area contributed by atoms with Gasteiger partial charge in [-0.15, -0.1) is 0 Å². The first-order valence-corrected chi connectivity index (χ1v) is 10.9. The van der Waals surface area contributed by atoms with Crippen LogP contribution < -0.4 is 10.1 Å². The highest BCUT2D eigenvalue weighted by molar-refractivity contribution is 14.1. The van der Waals surface area contributed by atoms with Crippen molar-refractivity contribution in [2.75, 3.05) is 13.2 Å². The number of amides is 3. The minimum atomic E-state index is -0.833. The van der Waals surface area contributed by atoms with Gasteiger partial charge in [-0.1, -0.05) is 12.1 Å². The first-order valence-electron chi connectivity index (χ1n) is 9.86. The molecule has 3 aromatic rings. The molecule has 1 aromatic heterocycles. The number of aromatic amines is 1. The number of carbonyl (C=O) groups is 2. The van der Waals surface area contributed by atoms with Crippen molar-refractivity contribution in [1.82, 2.24) is 20.2 Å². The molecule has 1 unspecified atom stereocenters. The van der Waals surface area contributed by atoms with Crippen LogP contribution in [0.2, 0.25) is 0 Å². The first-order chi connectivity index (χ1) is 15.4. The summed E-state index contributed by atoms with van der Waals surface area (Å²) < 4.78 is 20.4. The normalized spacial score (nSPS) is 16.9. The Kier molecular flexibility index (Phi) is 6.42. The average molecular weight is 550 g/mol. The minimum Gasteiger partial charge on any atom is -0.491 e. The molecule has 10 heteroatoms. The largest absolute Gasteiger partial charge is 0.491 e. The monoisotopic (exact) mass is 550 g/mol. The van der Waals surface area contributed by atoms with Crippen LogP contribution in [0.4, 0.5) is 9.18 Å². The molecule has 0 radical (unpaired) electrons. The third-order valence-electron chi connectivity index (χ3n) is 5.14. The summed E-state index contributed by atoms with van der Waals surface area (Å²) in [4.78, 5) is 34.0. The van der Waals surface area contributed by atoms with Crippen molar-refractivity contribution in [2.45, 2.75) is 19.0 Å². The number of aliphatic hydroxyl groups is 1. The molecular weight excluding hydrogens is 530 g/mol. The van der Waals surface area contributed by atoms with Gasteiger partial charge in [-0.3, -0.25) is 9.69 Å². The maximum atomic E-state index is 14.3. The van der Waals surface area contributed by atoms with Crippen molar-refractivity contribution in [2.24, 2.45) is 0 Å². The van der Waals surface area contributed by atoms with Gasteiger partial charge in [0.1, 0.15) is 30.0 Å². The van der Waals surface area contributed by atoms with Crippen molar-refractivity contribution in [3.05, 3.63) is 69.4 Å². The van der Waals surface area contributed by atoms with Gasteiger partial charge in [0.05, 0.1) is 24.5 Å². The number of hydrogen-bond acceptors (Lipinski definition) is 5. The molecule has 1 saturated heterocycles. The number of aliphatic hydroxyl groups excluding tert-OH is 1. The van der Waals surface area contributed by atoms with Crippen molar-refractivity contribution < 1.29 is 23.8 Å². The Morgan fingerprint density at radius 2 is 2.00 bits per heavy atom. The predicted molar refractivity (Wildman–Crippen MR) is 122 cm³/mol. The van der Waals surface area contributed by atoms with Crippen molar-refractivity contribution in [3.8, 4) is 17.0 Å². The van der Waals surface area contributed by atoms with E-state index in [2.05, 4.69) is 15.3 Å². The molecule has 0 spiro atoms. The Balaban J connectivity index is 1.52. The van der Waals surface area contributed by atoms with Gasteiger partial charge in [0, 0.05) is 9.13 Å². The molecule has 0 saturated carbocycles. The molecule has 32 heavy (non-hydrogen) atoms. The van der Waals surface area contributed by atoms with E-state index in [1.54, 1.807) is 43.3 Å². The number of imide groups is 1. The van der Waals surface area contributed by atoms with E-state index in [-0.39, 0.29) is 19.0 Å². The zero-order valence-electron chi connectivity index (χ0n) is 17.0. The number of aromatic nitrogens is 2. The van der Waals surface area contributed by atoms with Gasteiger partial charge in [0.2, 0.25) is 0 Å². The van der Waals surface area contributed by atoms with Gasteiger partial charge in [0.25, 0.3) is 5.91 Å². The molecular formula is C22H20FIN4O4. The summed E-state index contributed by atoms with van der Waals surface area (Å²) >= 11 is 2.03. The Hall–Kier alpha value is -2.99. The molecule has 2 atom stereocenters. The number of urea groups is 1. The number of rotatable bonds is 7. The summed E-state index contributed by atoms with van der Waals surface area (Å²) in [6, 6.07) is 9.52. The lowest BCUT2D eigenvalue weighted by atomic mass is 10.1. The van der Waals surface area contributed by atoms with Gasteiger partial charge < -0.3 is 20.1 Å². The zero-order valence-corrected chi connectivity index (χ0v) is 19.2. The Morgan fingerprint density at radius 1 is 1.25 bits per heavy atom. The number of ether oxygens (including phenoxy) is 1. The van der Waals surface area contributed by atoms with E-state index in [4.69, 9.17) is 9.84 Å². The Morgan fingerprint density at radius 3 is 2.69 bits per heavy atom. The molecule has 2 heterocycles. The maximum Gasteiger partial charge on any atom is 0.325 e. The summed E-state index contributed by atoms with van der Waals surface area (Å²) in [7, 11) is 0. The number of H-pyrrole nitrogens is 1. The fourth-order valence-electron chi connectivity index (χ4n) is 3.52. The van der Waals surface area contributed by atoms with Gasteiger partial charge in [-0.25, -0.2) is 14.2 Å². The summed E-state index contributed by atoms with van der Waals surface area (Å²) in [5, 5.41) is 11.5. The first kappa shape index (κ1) is 22.2. The number of nitrogens with zero attached hydrogens (tertiary/aromatic N) is 2. The zero-order chi connectivity index (χ0) is 22.8. The summed E-state index contributed by atoms with van der Waals surface area (Å²) in [5.74, 6) is 0.122. The quantitative estimate of drug-likeness (QED) is 0.308. The average Bonchev–Trinajstić information content (AvgIpc) is 3.37. The van der Waals surface area contributed by atoms with Crippen LogP contribution in [0.3, 0.4) is 0 Å². The number of halogens is 2. The van der Waals surface area contributed by atoms with E-state index >= 15 is 0 Å². The number of benzene rings is 2. The topological polar surface area (TPSA) is 108 Å². The Bertz CT molecular complexity index is 1150. The highest BCUT2D eigenvalue weighted by atomic mass is 127. The van der Waals surface area contributed by atoms with Gasteiger partial charge in [-0.2, -0.15) is 0 Å². The molecule has 8 nitrogen and oxygen atoms in total. The van der Waals surface area contributed by atoms with Crippen molar-refractivity contribution in [3.63, 3.8) is 0 Å². The molecule has 1 aliphatic rings. The molecule has 3 N–H and O–H groups in total. The number of hydrogen-bond donors (Lipinski definition) is 3. The molecule has 3 amide bonds. The van der Waals surface area contributed by atoms with Crippen LogP contribution in [0.25, 0.3) is 11.3 Å². The smallest absolute Gasteiger partial charge is 0.325 e. The predicted octanol–water partition coefficient (Wildman–Crippen LogP) is 3.55. The second-order valence-electron chi connectivity index (χ2n) is 7.21. The van der Waals surface area contributed by atoms with Crippen LogP contribution in [0, 0.1) is 9.39 Å². The molecule has 0 bridgehead atoms. The number of imidazole rings is 1. The van der Waals surface area contributed by atoms with Crippen LogP contribution in [0.5, 0.6) is 5.75 Å². The second kappa shape index (κ2) is 9.25.